The van der Waals surface area contributed by atoms with Gasteiger partial charge in [0, 0.05) is 25.3 Å². The molecule has 1 aliphatic heterocycles. The lowest BCUT2D eigenvalue weighted by Gasteiger charge is -2.12. The maximum absolute atomic E-state index is 13.2. The van der Waals surface area contributed by atoms with Crippen LogP contribution in [0.5, 0.6) is 5.75 Å². The number of furan rings is 1. The third-order valence-electron chi connectivity index (χ3n) is 4.97. The van der Waals surface area contributed by atoms with Crippen molar-refractivity contribution in [2.24, 2.45) is 10.2 Å². The Hall–Kier alpha value is -3.78. The molecule has 0 bridgehead atoms. The second kappa shape index (κ2) is 10.2. The number of amidine groups is 1. The Morgan fingerprint density at radius 1 is 1.09 bits per heavy atom. The molecule has 0 radical (unpaired) electrons. The number of para-hydroxylation sites is 1. The fourth-order valence-corrected chi connectivity index (χ4v) is 4.14. The average molecular weight is 461 g/mol. The Morgan fingerprint density at radius 2 is 1.88 bits per heavy atom. The van der Waals surface area contributed by atoms with Crippen molar-refractivity contribution in [1.82, 2.24) is 4.90 Å². The van der Waals surface area contributed by atoms with Crippen molar-refractivity contribution in [3.63, 3.8) is 0 Å². The van der Waals surface area contributed by atoms with Gasteiger partial charge >= 0.3 is 0 Å². The van der Waals surface area contributed by atoms with Gasteiger partial charge in [-0.15, -0.1) is 5.10 Å². The van der Waals surface area contributed by atoms with E-state index >= 15 is 0 Å². The summed E-state index contributed by atoms with van der Waals surface area (Å²) in [7, 11) is 5.59. The van der Waals surface area contributed by atoms with Gasteiger partial charge in [-0.25, -0.2) is 0 Å². The summed E-state index contributed by atoms with van der Waals surface area (Å²) < 4.78 is 10.9. The SMILES string of the molecule is COc1ccccc1/C=C1\S/C(=N\N=C\c2ccc(N(C)C)cc2)N(Cc2ccco2)C1=O. The van der Waals surface area contributed by atoms with Gasteiger partial charge in [0.05, 0.1) is 31.0 Å². The summed E-state index contributed by atoms with van der Waals surface area (Å²) >= 11 is 1.27. The lowest BCUT2D eigenvalue weighted by molar-refractivity contribution is -0.122. The monoisotopic (exact) mass is 460 g/mol. The predicted octanol–water partition coefficient (Wildman–Crippen LogP) is 4.86. The number of nitrogens with zero attached hydrogens (tertiary/aromatic N) is 4. The molecule has 1 saturated heterocycles. The molecule has 0 saturated carbocycles. The molecule has 168 valence electrons. The molecule has 0 unspecified atom stereocenters. The Morgan fingerprint density at radius 3 is 2.58 bits per heavy atom. The van der Waals surface area contributed by atoms with Crippen molar-refractivity contribution in [2.75, 3.05) is 26.1 Å². The molecule has 1 amide bonds. The highest BCUT2D eigenvalue weighted by atomic mass is 32.2. The summed E-state index contributed by atoms with van der Waals surface area (Å²) in [6.45, 7) is 0.272. The zero-order valence-corrected chi connectivity index (χ0v) is 19.5. The van der Waals surface area contributed by atoms with E-state index in [0.717, 1.165) is 16.8 Å². The van der Waals surface area contributed by atoms with Crippen LogP contribution in [0, 0.1) is 0 Å². The van der Waals surface area contributed by atoms with E-state index in [4.69, 9.17) is 9.15 Å². The van der Waals surface area contributed by atoms with E-state index in [1.54, 1.807) is 30.6 Å². The topological polar surface area (TPSA) is 70.6 Å². The first kappa shape index (κ1) is 22.4. The largest absolute Gasteiger partial charge is 0.496 e. The number of ether oxygens (including phenoxy) is 1. The summed E-state index contributed by atoms with van der Waals surface area (Å²) in [6.07, 6.45) is 5.07. The van der Waals surface area contributed by atoms with Crippen molar-refractivity contribution < 1.29 is 13.9 Å². The van der Waals surface area contributed by atoms with E-state index in [1.807, 2.05) is 79.7 Å². The van der Waals surface area contributed by atoms with Crippen LogP contribution >= 0.6 is 11.8 Å². The van der Waals surface area contributed by atoms with Gasteiger partial charge < -0.3 is 14.1 Å². The molecule has 3 aromatic rings. The van der Waals surface area contributed by atoms with Gasteiger partial charge in [-0.05, 0) is 53.7 Å². The number of anilines is 1. The average Bonchev–Trinajstić information content (AvgIpc) is 3.44. The second-order valence-electron chi connectivity index (χ2n) is 7.44. The van der Waals surface area contributed by atoms with Crippen LogP contribution in [0.1, 0.15) is 16.9 Å². The molecule has 2 aromatic carbocycles. The van der Waals surface area contributed by atoms with Crippen LogP contribution in [0.3, 0.4) is 0 Å². The third-order valence-corrected chi connectivity index (χ3v) is 5.96. The fraction of sp³-hybridized carbons (Fsp3) is 0.160. The molecule has 7 nitrogen and oxygen atoms in total. The standard InChI is InChI=1S/C25H24N4O3S/c1-28(2)20-12-10-18(11-13-20)16-26-27-25-29(17-21-8-6-14-32-21)24(30)23(33-25)15-19-7-4-5-9-22(19)31-3/h4-16H,17H2,1-3H3/b23-15-,26-16+,27-25-. The molecule has 1 fully saturated rings. The van der Waals surface area contributed by atoms with Crippen molar-refractivity contribution in [1.29, 1.82) is 0 Å². The molecule has 1 aromatic heterocycles. The molecule has 2 heterocycles. The van der Waals surface area contributed by atoms with Gasteiger partial charge in [0.15, 0.2) is 5.17 Å². The summed E-state index contributed by atoms with van der Waals surface area (Å²) in [5.41, 5.74) is 2.84. The molecule has 0 atom stereocenters. The number of amides is 1. The number of benzene rings is 2. The highest BCUT2D eigenvalue weighted by molar-refractivity contribution is 8.18. The number of carbonyl (C=O) groups is 1. The van der Waals surface area contributed by atoms with Gasteiger partial charge in [-0.3, -0.25) is 9.69 Å². The first-order chi connectivity index (χ1) is 16.0. The van der Waals surface area contributed by atoms with E-state index in [9.17, 15) is 4.79 Å². The van der Waals surface area contributed by atoms with Crippen molar-refractivity contribution in [3.05, 3.63) is 88.7 Å². The minimum atomic E-state index is -0.161. The molecule has 0 N–H and O–H groups in total. The first-order valence-corrected chi connectivity index (χ1v) is 11.1. The number of methoxy groups -OCH3 is 1. The number of thioether (sulfide) groups is 1. The van der Waals surface area contributed by atoms with Crippen molar-refractivity contribution >= 4 is 40.8 Å². The predicted molar refractivity (Wildman–Crippen MR) is 134 cm³/mol. The van der Waals surface area contributed by atoms with E-state index in [2.05, 4.69) is 10.2 Å². The molecule has 8 heteroatoms. The second-order valence-corrected chi connectivity index (χ2v) is 8.45. The van der Waals surface area contributed by atoms with Gasteiger partial charge in [0.1, 0.15) is 11.5 Å². The van der Waals surface area contributed by atoms with E-state index < -0.39 is 0 Å². The van der Waals surface area contributed by atoms with Crippen LogP contribution in [0.4, 0.5) is 5.69 Å². The fourth-order valence-electron chi connectivity index (χ4n) is 3.21. The van der Waals surface area contributed by atoms with Gasteiger partial charge in [0.25, 0.3) is 5.91 Å². The maximum Gasteiger partial charge on any atom is 0.267 e. The third kappa shape index (κ3) is 5.35. The molecule has 4 rings (SSSR count). The van der Waals surface area contributed by atoms with E-state index in [1.165, 1.54) is 11.8 Å². The van der Waals surface area contributed by atoms with Crippen LogP contribution in [0.2, 0.25) is 0 Å². The Kier molecular flexibility index (Phi) is 6.95. The van der Waals surface area contributed by atoms with Crippen LogP contribution in [0.25, 0.3) is 6.08 Å². The zero-order chi connectivity index (χ0) is 23.2. The number of hydrogen-bond donors (Lipinski definition) is 0. The van der Waals surface area contributed by atoms with Crippen LogP contribution in [0.15, 0.2) is 86.5 Å². The summed E-state index contributed by atoms with van der Waals surface area (Å²) in [5, 5.41) is 9.08. The van der Waals surface area contributed by atoms with Gasteiger partial charge in [-0.1, -0.05) is 30.3 Å². The number of hydrogen-bond acceptors (Lipinski definition) is 7. The molecular weight excluding hydrogens is 436 g/mol. The molecule has 33 heavy (non-hydrogen) atoms. The minimum Gasteiger partial charge on any atom is -0.496 e. The van der Waals surface area contributed by atoms with Crippen LogP contribution in [-0.2, 0) is 11.3 Å². The van der Waals surface area contributed by atoms with E-state index in [0.29, 0.717) is 21.6 Å². The quantitative estimate of drug-likeness (QED) is 0.286. The van der Waals surface area contributed by atoms with Gasteiger partial charge in [0.2, 0.25) is 0 Å². The lowest BCUT2D eigenvalue weighted by Crippen LogP contribution is -2.28. The number of carbonyl (C=O) groups excluding carboxylic acids is 1. The normalized spacial score (nSPS) is 16.3. The van der Waals surface area contributed by atoms with Crippen LogP contribution < -0.4 is 9.64 Å². The smallest absolute Gasteiger partial charge is 0.267 e. The molecular formula is C25H24N4O3S. The first-order valence-electron chi connectivity index (χ1n) is 10.3. The van der Waals surface area contributed by atoms with Gasteiger partial charge in [-0.2, -0.15) is 5.10 Å². The molecule has 1 aliphatic rings. The molecule has 0 aliphatic carbocycles. The Labute approximate surface area is 197 Å². The summed E-state index contributed by atoms with van der Waals surface area (Å²) in [5.74, 6) is 1.20. The summed E-state index contributed by atoms with van der Waals surface area (Å²) in [4.78, 5) is 17.3. The maximum atomic E-state index is 13.2. The molecule has 0 spiro atoms. The van der Waals surface area contributed by atoms with Crippen molar-refractivity contribution in [3.8, 4) is 5.75 Å². The zero-order valence-electron chi connectivity index (χ0n) is 18.6. The van der Waals surface area contributed by atoms with Crippen LogP contribution in [-0.4, -0.2) is 43.4 Å². The highest BCUT2D eigenvalue weighted by Crippen LogP contribution is 2.35. The lowest BCUT2D eigenvalue weighted by atomic mass is 10.2. The highest BCUT2D eigenvalue weighted by Gasteiger charge is 2.34. The van der Waals surface area contributed by atoms with E-state index in [-0.39, 0.29) is 12.5 Å². The summed E-state index contributed by atoms with van der Waals surface area (Å²) in [6, 6.07) is 19.1. The Balaban J connectivity index is 1.61. The van der Waals surface area contributed by atoms with Crippen molar-refractivity contribution in [2.45, 2.75) is 6.54 Å². The minimum absolute atomic E-state index is 0.161. The number of rotatable bonds is 7. The Bertz CT molecular complexity index is 1200.